The molecule has 2 rings (SSSR count). The number of amides is 2. The second-order valence-corrected chi connectivity index (χ2v) is 7.51. The van der Waals surface area contributed by atoms with E-state index in [4.69, 9.17) is 0 Å². The number of hydrogen-bond acceptors (Lipinski definition) is 3. The zero-order valence-corrected chi connectivity index (χ0v) is 16.5. The molecule has 0 radical (unpaired) electrons. The fourth-order valence-electron chi connectivity index (χ4n) is 2.73. The van der Waals surface area contributed by atoms with E-state index >= 15 is 0 Å². The zero-order valence-electron chi connectivity index (χ0n) is 15.7. The minimum Gasteiger partial charge on any atom is -0.340 e. The van der Waals surface area contributed by atoms with Crippen LogP contribution in [0.4, 0.5) is 5.69 Å². The van der Waals surface area contributed by atoms with Crippen LogP contribution in [-0.2, 0) is 4.79 Å². The van der Waals surface area contributed by atoms with Gasteiger partial charge in [-0.3, -0.25) is 9.59 Å². The van der Waals surface area contributed by atoms with Crippen LogP contribution in [0.15, 0.2) is 53.4 Å². The Morgan fingerprint density at radius 2 is 1.69 bits per heavy atom. The maximum absolute atomic E-state index is 12.8. The van der Waals surface area contributed by atoms with E-state index in [2.05, 4.69) is 10.6 Å². The minimum absolute atomic E-state index is 0.192. The van der Waals surface area contributed by atoms with E-state index in [1.54, 1.807) is 17.8 Å². The standard InChI is InChI=1S/C21H26N2O2S/c1-14(2)13-18(23-20(24)16-10-6-5-9-15(16)3)21(25)22-17-11-7-8-12-19(17)26-4/h5-12,14,18H,13H2,1-4H3,(H,22,25)(H,23,24)/t18-/m1/s1. The van der Waals surface area contributed by atoms with Gasteiger partial charge in [0.1, 0.15) is 6.04 Å². The maximum Gasteiger partial charge on any atom is 0.252 e. The summed E-state index contributed by atoms with van der Waals surface area (Å²) in [6.45, 7) is 5.97. The normalized spacial score (nSPS) is 11.9. The molecule has 0 aliphatic heterocycles. The van der Waals surface area contributed by atoms with E-state index in [-0.39, 0.29) is 17.7 Å². The average molecular weight is 371 g/mol. The SMILES string of the molecule is CSc1ccccc1NC(=O)[C@@H](CC(C)C)NC(=O)c1ccccc1C. The van der Waals surface area contributed by atoms with Gasteiger partial charge in [-0.25, -0.2) is 0 Å². The van der Waals surface area contributed by atoms with Crippen molar-refractivity contribution in [3.05, 3.63) is 59.7 Å². The molecule has 0 fully saturated rings. The van der Waals surface area contributed by atoms with E-state index < -0.39 is 6.04 Å². The van der Waals surface area contributed by atoms with E-state index in [0.717, 1.165) is 16.1 Å². The number of aryl methyl sites for hydroxylation is 1. The Morgan fingerprint density at radius 3 is 2.35 bits per heavy atom. The number of rotatable bonds is 7. The van der Waals surface area contributed by atoms with Crippen molar-refractivity contribution in [3.8, 4) is 0 Å². The first kappa shape index (κ1) is 20.0. The number of carbonyl (C=O) groups excluding carboxylic acids is 2. The van der Waals surface area contributed by atoms with Crippen molar-refractivity contribution < 1.29 is 9.59 Å². The Morgan fingerprint density at radius 1 is 1.04 bits per heavy atom. The lowest BCUT2D eigenvalue weighted by Crippen LogP contribution is -2.44. The zero-order chi connectivity index (χ0) is 19.1. The van der Waals surface area contributed by atoms with Gasteiger partial charge < -0.3 is 10.6 Å². The molecular weight excluding hydrogens is 344 g/mol. The summed E-state index contributed by atoms with van der Waals surface area (Å²) in [6.07, 6.45) is 2.54. The highest BCUT2D eigenvalue weighted by atomic mass is 32.2. The molecule has 26 heavy (non-hydrogen) atoms. The van der Waals surface area contributed by atoms with Gasteiger partial charge in [-0.1, -0.05) is 44.2 Å². The number of hydrogen-bond donors (Lipinski definition) is 2. The van der Waals surface area contributed by atoms with Crippen molar-refractivity contribution in [3.63, 3.8) is 0 Å². The van der Waals surface area contributed by atoms with Crippen molar-refractivity contribution in [1.82, 2.24) is 5.32 Å². The van der Waals surface area contributed by atoms with Crippen LogP contribution in [0.25, 0.3) is 0 Å². The van der Waals surface area contributed by atoms with Gasteiger partial charge in [0.2, 0.25) is 5.91 Å². The summed E-state index contributed by atoms with van der Waals surface area (Å²) >= 11 is 1.57. The maximum atomic E-state index is 12.8. The number of benzene rings is 2. The van der Waals surface area contributed by atoms with Crippen LogP contribution in [0.1, 0.15) is 36.2 Å². The molecule has 0 unspecified atom stereocenters. The Kier molecular flexibility index (Phi) is 7.27. The van der Waals surface area contributed by atoms with Crippen LogP contribution in [0.2, 0.25) is 0 Å². The molecule has 0 spiro atoms. The molecule has 2 amide bonds. The Bertz CT molecular complexity index is 774. The Hall–Kier alpha value is -2.27. The number of thioether (sulfide) groups is 1. The van der Waals surface area contributed by atoms with E-state index in [1.165, 1.54) is 0 Å². The summed E-state index contributed by atoms with van der Waals surface area (Å²) in [5, 5.41) is 5.87. The summed E-state index contributed by atoms with van der Waals surface area (Å²) in [5.41, 5.74) is 2.25. The summed E-state index contributed by atoms with van der Waals surface area (Å²) in [6, 6.07) is 14.5. The molecule has 0 aliphatic carbocycles. The van der Waals surface area contributed by atoms with Crippen LogP contribution in [0, 0.1) is 12.8 Å². The highest BCUT2D eigenvalue weighted by Gasteiger charge is 2.23. The lowest BCUT2D eigenvalue weighted by Gasteiger charge is -2.21. The monoisotopic (exact) mass is 370 g/mol. The topological polar surface area (TPSA) is 58.2 Å². The third kappa shape index (κ3) is 5.36. The highest BCUT2D eigenvalue weighted by Crippen LogP contribution is 2.25. The lowest BCUT2D eigenvalue weighted by atomic mass is 10.0. The smallest absolute Gasteiger partial charge is 0.252 e. The molecule has 2 aromatic rings. The Balaban J connectivity index is 2.17. The molecular formula is C21H26N2O2S. The van der Waals surface area contributed by atoms with Crippen LogP contribution < -0.4 is 10.6 Å². The fraction of sp³-hybridized carbons (Fsp3) is 0.333. The van der Waals surface area contributed by atoms with Crippen molar-refractivity contribution in [1.29, 1.82) is 0 Å². The summed E-state index contributed by atoms with van der Waals surface area (Å²) < 4.78 is 0. The summed E-state index contributed by atoms with van der Waals surface area (Å²) in [7, 11) is 0. The van der Waals surface area contributed by atoms with E-state index in [9.17, 15) is 9.59 Å². The molecule has 2 aromatic carbocycles. The van der Waals surface area contributed by atoms with Crippen LogP contribution >= 0.6 is 11.8 Å². The molecule has 0 heterocycles. The van der Waals surface area contributed by atoms with Crippen molar-refractivity contribution in [2.45, 2.75) is 38.1 Å². The first-order chi connectivity index (χ1) is 12.4. The van der Waals surface area contributed by atoms with Gasteiger partial charge in [-0.15, -0.1) is 11.8 Å². The first-order valence-corrected chi connectivity index (χ1v) is 9.95. The van der Waals surface area contributed by atoms with Crippen molar-refractivity contribution >= 4 is 29.3 Å². The third-order valence-corrected chi connectivity index (χ3v) is 4.88. The molecule has 0 aromatic heterocycles. The van der Waals surface area contributed by atoms with Gasteiger partial charge in [-0.2, -0.15) is 0 Å². The predicted octanol–water partition coefficient (Wildman–Crippen LogP) is 4.50. The van der Waals surface area contributed by atoms with Gasteiger partial charge in [0, 0.05) is 10.5 Å². The average Bonchev–Trinajstić information content (AvgIpc) is 2.61. The van der Waals surface area contributed by atoms with E-state index in [1.807, 2.05) is 69.5 Å². The minimum atomic E-state index is -0.586. The van der Waals surface area contributed by atoms with Crippen LogP contribution in [0.5, 0.6) is 0 Å². The fourth-order valence-corrected chi connectivity index (χ4v) is 3.29. The third-order valence-electron chi connectivity index (χ3n) is 4.08. The molecule has 5 heteroatoms. The first-order valence-electron chi connectivity index (χ1n) is 8.72. The van der Waals surface area contributed by atoms with Gasteiger partial charge in [0.15, 0.2) is 0 Å². The second-order valence-electron chi connectivity index (χ2n) is 6.66. The van der Waals surface area contributed by atoms with E-state index in [0.29, 0.717) is 12.0 Å². The molecule has 0 saturated carbocycles. The molecule has 4 nitrogen and oxygen atoms in total. The summed E-state index contributed by atoms with van der Waals surface area (Å²) in [4.78, 5) is 26.5. The summed E-state index contributed by atoms with van der Waals surface area (Å²) in [5.74, 6) is -0.136. The number of nitrogens with one attached hydrogen (secondary N) is 2. The van der Waals surface area contributed by atoms with Crippen molar-refractivity contribution in [2.24, 2.45) is 5.92 Å². The number of carbonyl (C=O) groups is 2. The molecule has 138 valence electrons. The van der Waals surface area contributed by atoms with Crippen molar-refractivity contribution in [2.75, 3.05) is 11.6 Å². The Labute approximate surface area is 159 Å². The molecule has 0 saturated heterocycles. The predicted molar refractivity (Wildman–Crippen MR) is 109 cm³/mol. The molecule has 0 bridgehead atoms. The second kappa shape index (κ2) is 9.43. The molecule has 0 aliphatic rings. The van der Waals surface area contributed by atoms with Gasteiger partial charge >= 0.3 is 0 Å². The molecule has 1 atom stereocenters. The van der Waals surface area contributed by atoms with Gasteiger partial charge in [0.25, 0.3) is 5.91 Å². The van der Waals surface area contributed by atoms with Gasteiger partial charge in [0.05, 0.1) is 5.69 Å². The number of para-hydroxylation sites is 1. The van der Waals surface area contributed by atoms with Crippen LogP contribution in [0.3, 0.4) is 0 Å². The molecule has 2 N–H and O–H groups in total. The van der Waals surface area contributed by atoms with Gasteiger partial charge in [-0.05, 0) is 49.3 Å². The highest BCUT2D eigenvalue weighted by molar-refractivity contribution is 7.98. The largest absolute Gasteiger partial charge is 0.340 e. The quantitative estimate of drug-likeness (QED) is 0.706. The van der Waals surface area contributed by atoms with Crippen LogP contribution in [-0.4, -0.2) is 24.1 Å². The lowest BCUT2D eigenvalue weighted by molar-refractivity contribution is -0.118. The number of anilines is 1.